The van der Waals surface area contributed by atoms with Crippen molar-refractivity contribution < 1.29 is 0 Å². The normalized spacial score (nSPS) is 17.9. The van der Waals surface area contributed by atoms with Crippen molar-refractivity contribution in [2.45, 2.75) is 59.9 Å². The molecule has 1 N–H and O–H groups in total. The summed E-state index contributed by atoms with van der Waals surface area (Å²) < 4.78 is 2.10. The van der Waals surface area contributed by atoms with Crippen molar-refractivity contribution in [3.05, 3.63) is 12.2 Å². The second-order valence-electron chi connectivity index (χ2n) is 6.60. The molecule has 2 heterocycles. The first-order valence-electron chi connectivity index (χ1n) is 9.63. The van der Waals surface area contributed by atoms with Gasteiger partial charge in [0.2, 0.25) is 0 Å². The third-order valence-electron chi connectivity index (χ3n) is 5.19. The van der Waals surface area contributed by atoms with Crippen LogP contribution in [0.1, 0.15) is 52.8 Å². The molecule has 0 amide bonds. The number of nitrogens with one attached hydrogen (secondary N) is 1. The largest absolute Gasteiger partial charge is 0.357 e. The SMILES string of the molecule is CCNC(=NCCn1cnnc1CC)N1CCC(C(CC)CC)C1.I. The van der Waals surface area contributed by atoms with Crippen molar-refractivity contribution in [1.82, 2.24) is 25.0 Å². The molecule has 25 heavy (non-hydrogen) atoms. The number of aromatic nitrogens is 3. The average Bonchev–Trinajstić information content (AvgIpc) is 3.24. The van der Waals surface area contributed by atoms with E-state index in [1.807, 2.05) is 0 Å². The summed E-state index contributed by atoms with van der Waals surface area (Å²) in [5.74, 6) is 3.76. The van der Waals surface area contributed by atoms with Crippen LogP contribution in [0.2, 0.25) is 0 Å². The molecule has 1 aliphatic heterocycles. The minimum atomic E-state index is 0. The molecule has 7 heteroatoms. The van der Waals surface area contributed by atoms with Crippen LogP contribution in [0.3, 0.4) is 0 Å². The Bertz CT molecular complexity index is 511. The molecule has 1 atom stereocenters. The van der Waals surface area contributed by atoms with Crippen LogP contribution in [0.15, 0.2) is 11.3 Å². The van der Waals surface area contributed by atoms with Crippen molar-refractivity contribution in [2.75, 3.05) is 26.2 Å². The van der Waals surface area contributed by atoms with Gasteiger partial charge in [-0.05, 0) is 25.2 Å². The highest BCUT2D eigenvalue weighted by Crippen LogP contribution is 2.28. The first-order chi connectivity index (χ1) is 11.7. The van der Waals surface area contributed by atoms with Crippen molar-refractivity contribution >= 4 is 29.9 Å². The monoisotopic (exact) mass is 462 g/mol. The molecule has 1 aromatic rings. The predicted molar refractivity (Wildman–Crippen MR) is 115 cm³/mol. The Morgan fingerprint density at radius 3 is 2.72 bits per heavy atom. The van der Waals surface area contributed by atoms with Gasteiger partial charge in [0.25, 0.3) is 0 Å². The highest BCUT2D eigenvalue weighted by molar-refractivity contribution is 14.0. The minimum absolute atomic E-state index is 0. The van der Waals surface area contributed by atoms with E-state index in [9.17, 15) is 0 Å². The van der Waals surface area contributed by atoms with E-state index >= 15 is 0 Å². The second kappa shape index (κ2) is 11.7. The van der Waals surface area contributed by atoms with Crippen LogP contribution in [0.4, 0.5) is 0 Å². The highest BCUT2D eigenvalue weighted by Gasteiger charge is 2.29. The zero-order valence-electron chi connectivity index (χ0n) is 16.2. The molecule has 0 aliphatic carbocycles. The molecular weight excluding hydrogens is 427 g/mol. The maximum absolute atomic E-state index is 4.85. The smallest absolute Gasteiger partial charge is 0.193 e. The van der Waals surface area contributed by atoms with Crippen molar-refractivity contribution in [3.63, 3.8) is 0 Å². The summed E-state index contributed by atoms with van der Waals surface area (Å²) in [7, 11) is 0. The van der Waals surface area contributed by atoms with E-state index in [0.717, 1.165) is 62.8 Å². The molecule has 1 aromatic heterocycles. The Morgan fingerprint density at radius 1 is 1.32 bits per heavy atom. The number of rotatable bonds is 8. The standard InChI is InChI=1S/C18H34N6.HI/c1-5-15(6-2)16-9-11-23(13-16)18(19-8-4)20-10-12-24-14-21-22-17(24)7-3;/h14-16H,5-13H2,1-4H3,(H,19,20);1H. The zero-order chi connectivity index (χ0) is 17.4. The Balaban J connectivity index is 0.00000312. The molecule has 1 unspecified atom stereocenters. The maximum Gasteiger partial charge on any atom is 0.193 e. The van der Waals surface area contributed by atoms with Gasteiger partial charge in [0.05, 0.1) is 6.54 Å². The summed E-state index contributed by atoms with van der Waals surface area (Å²) in [5.41, 5.74) is 0. The van der Waals surface area contributed by atoms with Crippen molar-refractivity contribution in [2.24, 2.45) is 16.8 Å². The van der Waals surface area contributed by atoms with Gasteiger partial charge in [-0.25, -0.2) is 0 Å². The summed E-state index contributed by atoms with van der Waals surface area (Å²) in [6.07, 6.45) is 6.58. The van der Waals surface area contributed by atoms with Crippen LogP contribution < -0.4 is 5.32 Å². The zero-order valence-corrected chi connectivity index (χ0v) is 18.6. The van der Waals surface area contributed by atoms with Gasteiger partial charge in [-0.3, -0.25) is 4.99 Å². The van der Waals surface area contributed by atoms with Gasteiger partial charge in [0.15, 0.2) is 5.96 Å². The van der Waals surface area contributed by atoms with E-state index in [-0.39, 0.29) is 24.0 Å². The highest BCUT2D eigenvalue weighted by atomic mass is 127. The summed E-state index contributed by atoms with van der Waals surface area (Å²) >= 11 is 0. The molecular formula is C18H35IN6. The number of likely N-dealkylation sites (tertiary alicyclic amines) is 1. The fourth-order valence-electron chi connectivity index (χ4n) is 3.75. The van der Waals surface area contributed by atoms with Gasteiger partial charge in [-0.1, -0.05) is 33.6 Å². The van der Waals surface area contributed by atoms with Crippen LogP contribution in [-0.4, -0.2) is 51.8 Å². The Morgan fingerprint density at radius 2 is 2.08 bits per heavy atom. The lowest BCUT2D eigenvalue weighted by molar-refractivity contribution is 0.319. The molecule has 1 fully saturated rings. The molecule has 2 rings (SSSR count). The van der Waals surface area contributed by atoms with E-state index < -0.39 is 0 Å². The van der Waals surface area contributed by atoms with Gasteiger partial charge in [0, 0.05) is 32.6 Å². The van der Waals surface area contributed by atoms with Gasteiger partial charge in [0.1, 0.15) is 12.2 Å². The summed E-state index contributed by atoms with van der Waals surface area (Å²) in [6, 6.07) is 0. The first-order valence-corrected chi connectivity index (χ1v) is 9.63. The summed E-state index contributed by atoms with van der Waals surface area (Å²) in [6.45, 7) is 13.7. The van der Waals surface area contributed by atoms with Crippen LogP contribution in [0.25, 0.3) is 0 Å². The molecule has 0 aromatic carbocycles. The Hall–Kier alpha value is -0.860. The topological polar surface area (TPSA) is 58.3 Å². The molecule has 0 bridgehead atoms. The molecule has 144 valence electrons. The van der Waals surface area contributed by atoms with Gasteiger partial charge >= 0.3 is 0 Å². The maximum atomic E-state index is 4.85. The van der Waals surface area contributed by atoms with Crippen LogP contribution in [0, 0.1) is 11.8 Å². The average molecular weight is 462 g/mol. The minimum Gasteiger partial charge on any atom is -0.357 e. The number of aryl methyl sites for hydroxylation is 1. The van der Waals surface area contributed by atoms with E-state index in [0.29, 0.717) is 0 Å². The third-order valence-corrected chi connectivity index (χ3v) is 5.19. The van der Waals surface area contributed by atoms with Gasteiger partial charge < -0.3 is 14.8 Å². The van der Waals surface area contributed by atoms with E-state index in [4.69, 9.17) is 4.99 Å². The number of hydrogen-bond acceptors (Lipinski definition) is 3. The number of halogens is 1. The number of hydrogen-bond donors (Lipinski definition) is 1. The first kappa shape index (κ1) is 22.2. The second-order valence-corrected chi connectivity index (χ2v) is 6.60. The molecule has 1 aliphatic rings. The molecule has 0 radical (unpaired) electrons. The molecule has 1 saturated heterocycles. The number of guanidine groups is 1. The Labute approximate surface area is 169 Å². The lowest BCUT2D eigenvalue weighted by Gasteiger charge is -2.24. The van der Waals surface area contributed by atoms with E-state index in [1.165, 1.54) is 19.3 Å². The lowest BCUT2D eigenvalue weighted by atomic mass is 9.87. The summed E-state index contributed by atoms with van der Waals surface area (Å²) in [5, 5.41) is 11.6. The Kier molecular flexibility index (Phi) is 10.4. The number of nitrogens with zero attached hydrogens (tertiary/aromatic N) is 5. The molecule has 0 spiro atoms. The van der Waals surface area contributed by atoms with E-state index in [2.05, 4.69) is 52.7 Å². The van der Waals surface area contributed by atoms with Gasteiger partial charge in [-0.2, -0.15) is 0 Å². The van der Waals surface area contributed by atoms with Gasteiger partial charge in [-0.15, -0.1) is 34.2 Å². The van der Waals surface area contributed by atoms with E-state index in [1.54, 1.807) is 6.33 Å². The third kappa shape index (κ3) is 6.11. The van der Waals surface area contributed by atoms with Crippen molar-refractivity contribution in [1.29, 1.82) is 0 Å². The molecule has 6 nitrogen and oxygen atoms in total. The van der Waals surface area contributed by atoms with Crippen LogP contribution >= 0.6 is 24.0 Å². The van der Waals surface area contributed by atoms with Crippen LogP contribution in [-0.2, 0) is 13.0 Å². The lowest BCUT2D eigenvalue weighted by Crippen LogP contribution is -2.40. The summed E-state index contributed by atoms with van der Waals surface area (Å²) in [4.78, 5) is 7.29. The van der Waals surface area contributed by atoms with Crippen LogP contribution in [0.5, 0.6) is 0 Å². The predicted octanol–water partition coefficient (Wildman–Crippen LogP) is 3.18. The molecule has 0 saturated carbocycles. The fourth-order valence-corrected chi connectivity index (χ4v) is 3.75. The quantitative estimate of drug-likeness (QED) is 0.366. The number of aliphatic imine (C=N–C) groups is 1. The fraction of sp³-hybridized carbons (Fsp3) is 0.833. The van der Waals surface area contributed by atoms with Crippen molar-refractivity contribution in [3.8, 4) is 0 Å².